The van der Waals surface area contributed by atoms with Crippen molar-refractivity contribution in [3.63, 3.8) is 0 Å². The lowest BCUT2D eigenvalue weighted by molar-refractivity contribution is 0.960. The van der Waals surface area contributed by atoms with Crippen LogP contribution in [0.25, 0.3) is 88.4 Å². The smallest absolute Gasteiger partial charge is 0.146 e. The maximum Gasteiger partial charge on any atom is 0.146 e. The lowest BCUT2D eigenvalue weighted by Gasteiger charge is -2.15. The van der Waals surface area contributed by atoms with Gasteiger partial charge in [-0.3, -0.25) is 8.97 Å². The second kappa shape index (κ2) is 9.75. The quantitative estimate of drug-likeness (QED) is 0.192. The number of para-hydroxylation sites is 4. The molecule has 0 aliphatic heterocycles. The number of benzene rings is 6. The molecule has 0 saturated heterocycles. The standard InChI is InChI=1S/C42H28N4/c1-2-10-32(11-3-1)45-39-16-8-6-14-36(39)43-41(45)31-21-20-27-24-28(18-19-29(27)25-31)30-22-23-38-35(26-30)33-12-4-5-13-34(33)42-44-37-15-7-9-17-40(37)46(38)42/h1-2,4-10,12-26H,3,11H2. The fraction of sp³-hybridized carbons (Fsp3) is 0.0476. The van der Waals surface area contributed by atoms with Crippen LogP contribution in [0.15, 0.2) is 146 Å². The molecule has 0 radical (unpaired) electrons. The van der Waals surface area contributed by atoms with Gasteiger partial charge in [0.1, 0.15) is 11.5 Å². The predicted molar refractivity (Wildman–Crippen MR) is 192 cm³/mol. The van der Waals surface area contributed by atoms with Gasteiger partial charge >= 0.3 is 0 Å². The van der Waals surface area contributed by atoms with Crippen LogP contribution in [-0.4, -0.2) is 18.9 Å². The van der Waals surface area contributed by atoms with E-state index in [1.54, 1.807) is 0 Å². The van der Waals surface area contributed by atoms with Crippen molar-refractivity contribution in [3.05, 3.63) is 146 Å². The number of aromatic nitrogens is 4. The van der Waals surface area contributed by atoms with Crippen LogP contribution in [0, 0.1) is 0 Å². The first kappa shape index (κ1) is 25.3. The van der Waals surface area contributed by atoms with Gasteiger partial charge in [-0.2, -0.15) is 0 Å². The minimum Gasteiger partial charge on any atom is -0.296 e. The van der Waals surface area contributed by atoms with Crippen molar-refractivity contribution in [2.45, 2.75) is 12.8 Å². The average Bonchev–Trinajstić information content (AvgIpc) is 3.71. The molecule has 10 rings (SSSR count). The maximum absolute atomic E-state index is 5.11. The van der Waals surface area contributed by atoms with Gasteiger partial charge in [0.2, 0.25) is 0 Å². The summed E-state index contributed by atoms with van der Waals surface area (Å²) in [6, 6.07) is 45.9. The van der Waals surface area contributed by atoms with Gasteiger partial charge in [0.15, 0.2) is 0 Å². The molecule has 9 aromatic rings. The van der Waals surface area contributed by atoms with E-state index in [1.165, 1.54) is 49.3 Å². The lowest BCUT2D eigenvalue weighted by atomic mass is 9.97. The number of allylic oxidation sites excluding steroid dienone is 4. The third-order valence-electron chi connectivity index (χ3n) is 9.53. The van der Waals surface area contributed by atoms with E-state index >= 15 is 0 Å². The Labute approximate surface area is 265 Å². The van der Waals surface area contributed by atoms with Gasteiger partial charge < -0.3 is 0 Å². The first-order valence-corrected chi connectivity index (χ1v) is 15.9. The van der Waals surface area contributed by atoms with Crippen LogP contribution >= 0.6 is 0 Å². The molecule has 0 saturated carbocycles. The highest BCUT2D eigenvalue weighted by atomic mass is 15.1. The molecule has 0 spiro atoms. The van der Waals surface area contributed by atoms with Crippen LogP contribution in [0.5, 0.6) is 0 Å². The highest BCUT2D eigenvalue weighted by Gasteiger charge is 2.17. The van der Waals surface area contributed by atoms with Gasteiger partial charge in [-0.05, 0) is 94.7 Å². The summed E-state index contributed by atoms with van der Waals surface area (Å²) in [4.78, 5) is 10.1. The molecular formula is C42H28N4. The largest absolute Gasteiger partial charge is 0.296 e. The van der Waals surface area contributed by atoms with Crippen molar-refractivity contribution in [2.75, 3.05) is 0 Å². The lowest BCUT2D eigenvalue weighted by Crippen LogP contribution is -2.01. The molecule has 0 atom stereocenters. The number of fused-ring (bicyclic) bond motifs is 10. The molecule has 0 unspecified atom stereocenters. The maximum atomic E-state index is 5.11. The van der Waals surface area contributed by atoms with Crippen LogP contribution in [0.2, 0.25) is 0 Å². The SMILES string of the molecule is C1=CCCC(n2c(-c3ccc4cc(-c5ccc6c(c5)c5ccccc5c5nc7ccccc7n65)ccc4c3)nc3ccccc32)=C1. The number of nitrogens with zero attached hydrogens (tertiary/aromatic N) is 4. The highest BCUT2D eigenvalue weighted by Crippen LogP contribution is 2.37. The Morgan fingerprint density at radius 2 is 1.20 bits per heavy atom. The van der Waals surface area contributed by atoms with Crippen molar-refractivity contribution in [3.8, 4) is 22.5 Å². The average molecular weight is 589 g/mol. The number of pyridine rings is 1. The molecule has 0 amide bonds. The second-order valence-electron chi connectivity index (χ2n) is 12.2. The minimum absolute atomic E-state index is 0.994. The van der Waals surface area contributed by atoms with Crippen molar-refractivity contribution >= 4 is 65.9 Å². The molecule has 3 heterocycles. The fourth-order valence-electron chi connectivity index (χ4n) is 7.34. The Bertz CT molecular complexity index is 2760. The van der Waals surface area contributed by atoms with Crippen LogP contribution < -0.4 is 0 Å². The zero-order valence-electron chi connectivity index (χ0n) is 25.1. The van der Waals surface area contributed by atoms with E-state index in [0.29, 0.717) is 0 Å². The third-order valence-corrected chi connectivity index (χ3v) is 9.53. The van der Waals surface area contributed by atoms with E-state index in [9.17, 15) is 0 Å². The van der Waals surface area contributed by atoms with Crippen molar-refractivity contribution in [1.82, 2.24) is 18.9 Å². The molecule has 1 aliphatic rings. The summed E-state index contributed by atoms with van der Waals surface area (Å²) in [5.74, 6) is 0.994. The van der Waals surface area contributed by atoms with Crippen LogP contribution in [-0.2, 0) is 0 Å². The van der Waals surface area contributed by atoms with Gasteiger partial charge in [-0.1, -0.05) is 91.0 Å². The number of hydrogen-bond acceptors (Lipinski definition) is 2. The molecule has 6 aromatic carbocycles. The molecule has 0 N–H and O–H groups in total. The number of imidazole rings is 2. The van der Waals surface area contributed by atoms with Crippen LogP contribution in [0.4, 0.5) is 0 Å². The van der Waals surface area contributed by atoms with Gasteiger partial charge in [-0.15, -0.1) is 0 Å². The van der Waals surface area contributed by atoms with E-state index in [4.69, 9.17) is 9.97 Å². The Morgan fingerprint density at radius 1 is 0.522 bits per heavy atom. The van der Waals surface area contributed by atoms with Gasteiger partial charge in [0.05, 0.1) is 27.6 Å². The van der Waals surface area contributed by atoms with Crippen molar-refractivity contribution in [1.29, 1.82) is 0 Å². The molecule has 4 nitrogen and oxygen atoms in total. The highest BCUT2D eigenvalue weighted by molar-refractivity contribution is 6.14. The normalized spacial score (nSPS) is 13.5. The summed E-state index contributed by atoms with van der Waals surface area (Å²) in [6.45, 7) is 0. The summed E-state index contributed by atoms with van der Waals surface area (Å²) >= 11 is 0. The minimum atomic E-state index is 0.994. The van der Waals surface area contributed by atoms with Crippen LogP contribution in [0.1, 0.15) is 12.8 Å². The number of rotatable bonds is 3. The molecule has 4 heteroatoms. The van der Waals surface area contributed by atoms with Crippen molar-refractivity contribution in [2.24, 2.45) is 0 Å². The fourth-order valence-corrected chi connectivity index (χ4v) is 7.34. The second-order valence-corrected chi connectivity index (χ2v) is 12.2. The van der Waals surface area contributed by atoms with E-state index in [2.05, 4.69) is 155 Å². The molecule has 1 aliphatic carbocycles. The summed E-state index contributed by atoms with van der Waals surface area (Å²) in [5, 5.41) is 6.03. The molecule has 216 valence electrons. The predicted octanol–water partition coefficient (Wildman–Crippen LogP) is 10.8. The van der Waals surface area contributed by atoms with E-state index in [0.717, 1.165) is 51.9 Å². The summed E-state index contributed by atoms with van der Waals surface area (Å²) in [6.07, 6.45) is 8.67. The molecule has 0 fully saturated rings. The third kappa shape index (κ3) is 3.74. The zero-order chi connectivity index (χ0) is 30.2. The summed E-state index contributed by atoms with van der Waals surface area (Å²) < 4.78 is 4.65. The Kier molecular flexibility index (Phi) is 5.37. The Balaban J connectivity index is 1.12. The first-order chi connectivity index (χ1) is 22.8. The van der Waals surface area contributed by atoms with E-state index in [-0.39, 0.29) is 0 Å². The van der Waals surface area contributed by atoms with Crippen LogP contribution in [0.3, 0.4) is 0 Å². The molecular weight excluding hydrogens is 560 g/mol. The Hall–Kier alpha value is -6.00. The van der Waals surface area contributed by atoms with Gasteiger partial charge in [0.25, 0.3) is 0 Å². The monoisotopic (exact) mass is 588 g/mol. The first-order valence-electron chi connectivity index (χ1n) is 15.9. The molecule has 0 bridgehead atoms. The summed E-state index contributed by atoms with van der Waals surface area (Å²) in [7, 11) is 0. The van der Waals surface area contributed by atoms with E-state index < -0.39 is 0 Å². The zero-order valence-corrected chi connectivity index (χ0v) is 25.1. The van der Waals surface area contributed by atoms with Gasteiger partial charge in [-0.25, -0.2) is 9.97 Å². The topological polar surface area (TPSA) is 35.1 Å². The molecule has 3 aromatic heterocycles. The number of hydrogen-bond donors (Lipinski definition) is 0. The van der Waals surface area contributed by atoms with E-state index in [1.807, 2.05) is 0 Å². The molecule has 46 heavy (non-hydrogen) atoms. The Morgan fingerprint density at radius 3 is 2.02 bits per heavy atom. The summed E-state index contributed by atoms with van der Waals surface area (Å²) in [5.41, 5.74) is 11.3. The van der Waals surface area contributed by atoms with Gasteiger partial charge in [0, 0.05) is 22.0 Å². The van der Waals surface area contributed by atoms with Crippen molar-refractivity contribution < 1.29 is 0 Å².